The minimum absolute atomic E-state index is 0. The van der Waals surface area contributed by atoms with Crippen LogP contribution >= 0.6 is 12.4 Å². The third-order valence-electron chi connectivity index (χ3n) is 3.44. The average molecular weight is 342 g/mol. The van der Waals surface area contributed by atoms with Crippen LogP contribution in [0.4, 0.5) is 5.69 Å². The van der Waals surface area contributed by atoms with Gasteiger partial charge in [-0.2, -0.15) is 0 Å². The molecule has 0 saturated carbocycles. The molecule has 0 amide bonds. The van der Waals surface area contributed by atoms with Crippen LogP contribution in [0.15, 0.2) is 78.9 Å². The van der Waals surface area contributed by atoms with Crippen molar-refractivity contribution in [3.63, 3.8) is 0 Å². The van der Waals surface area contributed by atoms with E-state index in [2.05, 4.69) is 0 Å². The van der Waals surface area contributed by atoms with Gasteiger partial charge in [0.05, 0.1) is 0 Å². The number of benzene rings is 3. The Balaban J connectivity index is 0.00000208. The minimum atomic E-state index is 0. The summed E-state index contributed by atoms with van der Waals surface area (Å²) in [7, 11) is 0. The number of hydrogen-bond donors (Lipinski definition) is 1. The van der Waals surface area contributed by atoms with Gasteiger partial charge in [0, 0.05) is 11.8 Å². The van der Waals surface area contributed by atoms with E-state index in [-0.39, 0.29) is 12.4 Å². The van der Waals surface area contributed by atoms with E-state index in [0.29, 0.717) is 30.4 Å². The second-order valence-electron chi connectivity index (χ2n) is 5.25. The standard InChI is InChI=1S/C20H19NO2.ClH/c21-18-11-12-19(22-14-16-7-3-1-4-8-16)20(13-18)23-15-17-9-5-2-6-10-17;/h1-13H,14-15,21H2;1H. The zero-order valence-electron chi connectivity index (χ0n) is 13.2. The first kappa shape index (κ1) is 17.7. The molecule has 2 N–H and O–H groups in total. The average Bonchev–Trinajstić information content (AvgIpc) is 2.61. The van der Waals surface area contributed by atoms with E-state index in [4.69, 9.17) is 15.2 Å². The summed E-state index contributed by atoms with van der Waals surface area (Å²) in [5.41, 5.74) is 8.73. The summed E-state index contributed by atoms with van der Waals surface area (Å²) < 4.78 is 11.8. The van der Waals surface area contributed by atoms with Crippen LogP contribution in [0, 0.1) is 0 Å². The van der Waals surface area contributed by atoms with Gasteiger partial charge >= 0.3 is 0 Å². The number of nitrogen functional groups attached to an aromatic ring is 1. The molecule has 4 heteroatoms. The van der Waals surface area contributed by atoms with Crippen LogP contribution in [0.3, 0.4) is 0 Å². The summed E-state index contributed by atoms with van der Waals surface area (Å²) in [5.74, 6) is 1.35. The molecule has 0 saturated heterocycles. The van der Waals surface area contributed by atoms with Crippen molar-refractivity contribution in [1.29, 1.82) is 0 Å². The fourth-order valence-electron chi connectivity index (χ4n) is 2.23. The van der Waals surface area contributed by atoms with Crippen LogP contribution in [0.25, 0.3) is 0 Å². The van der Waals surface area contributed by atoms with E-state index in [9.17, 15) is 0 Å². The highest BCUT2D eigenvalue weighted by Crippen LogP contribution is 2.30. The number of nitrogens with two attached hydrogens (primary N) is 1. The number of halogens is 1. The van der Waals surface area contributed by atoms with Crippen LogP contribution in [0.5, 0.6) is 11.5 Å². The maximum atomic E-state index is 5.89. The van der Waals surface area contributed by atoms with E-state index >= 15 is 0 Å². The lowest BCUT2D eigenvalue weighted by Crippen LogP contribution is -2.01. The van der Waals surface area contributed by atoms with Gasteiger partial charge in [-0.25, -0.2) is 0 Å². The smallest absolute Gasteiger partial charge is 0.163 e. The molecule has 0 unspecified atom stereocenters. The monoisotopic (exact) mass is 341 g/mol. The summed E-state index contributed by atoms with van der Waals surface area (Å²) in [4.78, 5) is 0. The Morgan fingerprint density at radius 3 is 1.67 bits per heavy atom. The molecule has 3 rings (SSSR count). The van der Waals surface area contributed by atoms with Gasteiger partial charge in [0.15, 0.2) is 11.5 Å². The van der Waals surface area contributed by atoms with Gasteiger partial charge in [0.25, 0.3) is 0 Å². The van der Waals surface area contributed by atoms with Crippen LogP contribution in [0.2, 0.25) is 0 Å². The molecule has 3 nitrogen and oxygen atoms in total. The number of rotatable bonds is 6. The topological polar surface area (TPSA) is 44.5 Å². The Kier molecular flexibility index (Phi) is 6.52. The fraction of sp³-hybridized carbons (Fsp3) is 0.100. The molecule has 0 atom stereocenters. The second kappa shape index (κ2) is 8.85. The van der Waals surface area contributed by atoms with Crippen molar-refractivity contribution < 1.29 is 9.47 Å². The molecule has 0 heterocycles. The molecule has 0 spiro atoms. The SMILES string of the molecule is Cl.Nc1ccc(OCc2ccccc2)c(OCc2ccccc2)c1. The maximum Gasteiger partial charge on any atom is 0.163 e. The minimum Gasteiger partial charge on any atom is -0.485 e. The molecule has 0 fully saturated rings. The summed E-state index contributed by atoms with van der Waals surface area (Å²) in [6, 6.07) is 25.5. The molecule has 0 aliphatic heterocycles. The molecule has 0 radical (unpaired) electrons. The van der Waals surface area contributed by atoms with E-state index in [0.717, 1.165) is 11.1 Å². The Labute approximate surface area is 148 Å². The van der Waals surface area contributed by atoms with Gasteiger partial charge in [0.2, 0.25) is 0 Å². The van der Waals surface area contributed by atoms with Crippen molar-refractivity contribution in [2.75, 3.05) is 5.73 Å². The van der Waals surface area contributed by atoms with Crippen molar-refractivity contribution in [2.24, 2.45) is 0 Å². The lowest BCUT2D eigenvalue weighted by atomic mass is 10.2. The van der Waals surface area contributed by atoms with Crippen LogP contribution in [-0.2, 0) is 13.2 Å². The maximum absolute atomic E-state index is 5.89. The van der Waals surface area contributed by atoms with Gasteiger partial charge in [-0.3, -0.25) is 0 Å². The van der Waals surface area contributed by atoms with Gasteiger partial charge in [0.1, 0.15) is 13.2 Å². The van der Waals surface area contributed by atoms with E-state index in [1.807, 2.05) is 72.8 Å². The summed E-state index contributed by atoms with van der Waals surface area (Å²) in [6.45, 7) is 0.971. The van der Waals surface area contributed by atoms with Crippen LogP contribution in [0.1, 0.15) is 11.1 Å². The molecule has 0 bridgehead atoms. The fourth-order valence-corrected chi connectivity index (χ4v) is 2.23. The molecule has 24 heavy (non-hydrogen) atoms. The summed E-state index contributed by atoms with van der Waals surface area (Å²) in [5, 5.41) is 0. The summed E-state index contributed by atoms with van der Waals surface area (Å²) in [6.07, 6.45) is 0. The third-order valence-corrected chi connectivity index (χ3v) is 3.44. The highest BCUT2D eigenvalue weighted by molar-refractivity contribution is 5.85. The van der Waals surface area contributed by atoms with E-state index < -0.39 is 0 Å². The second-order valence-corrected chi connectivity index (χ2v) is 5.25. The number of anilines is 1. The van der Waals surface area contributed by atoms with E-state index in [1.165, 1.54) is 0 Å². The molecular formula is C20H20ClNO2. The first-order valence-electron chi connectivity index (χ1n) is 7.54. The van der Waals surface area contributed by atoms with E-state index in [1.54, 1.807) is 6.07 Å². The molecule has 3 aromatic carbocycles. The number of ether oxygens (including phenoxy) is 2. The third kappa shape index (κ3) is 4.93. The molecule has 3 aromatic rings. The van der Waals surface area contributed by atoms with Gasteiger partial charge < -0.3 is 15.2 Å². The van der Waals surface area contributed by atoms with Crippen LogP contribution in [-0.4, -0.2) is 0 Å². The highest BCUT2D eigenvalue weighted by Gasteiger charge is 2.07. The predicted molar refractivity (Wildman–Crippen MR) is 99.7 cm³/mol. The van der Waals surface area contributed by atoms with Gasteiger partial charge in [-0.15, -0.1) is 12.4 Å². The Bertz CT molecular complexity index is 748. The zero-order chi connectivity index (χ0) is 15.9. The van der Waals surface area contributed by atoms with Crippen molar-refractivity contribution in [3.05, 3.63) is 90.0 Å². The normalized spacial score (nSPS) is 9.83. The Morgan fingerprint density at radius 1 is 0.625 bits per heavy atom. The highest BCUT2D eigenvalue weighted by atomic mass is 35.5. The zero-order valence-corrected chi connectivity index (χ0v) is 14.0. The molecule has 124 valence electrons. The lowest BCUT2D eigenvalue weighted by molar-refractivity contribution is 0.256. The first-order chi connectivity index (χ1) is 11.3. The van der Waals surface area contributed by atoms with Crippen molar-refractivity contribution in [3.8, 4) is 11.5 Å². The molecule has 0 aliphatic rings. The molecule has 0 aromatic heterocycles. The predicted octanol–water partition coefficient (Wildman–Crippen LogP) is 4.85. The summed E-state index contributed by atoms with van der Waals surface area (Å²) >= 11 is 0. The Morgan fingerprint density at radius 2 is 1.12 bits per heavy atom. The first-order valence-corrected chi connectivity index (χ1v) is 7.54. The van der Waals surface area contributed by atoms with Crippen LogP contribution < -0.4 is 15.2 Å². The number of hydrogen-bond acceptors (Lipinski definition) is 3. The van der Waals surface area contributed by atoms with Crippen molar-refractivity contribution in [2.45, 2.75) is 13.2 Å². The largest absolute Gasteiger partial charge is 0.485 e. The lowest BCUT2D eigenvalue weighted by Gasteiger charge is -2.13. The molecule has 0 aliphatic carbocycles. The van der Waals surface area contributed by atoms with Gasteiger partial charge in [-0.1, -0.05) is 60.7 Å². The molecular weight excluding hydrogens is 322 g/mol. The van der Waals surface area contributed by atoms with Gasteiger partial charge in [-0.05, 0) is 23.3 Å². The van der Waals surface area contributed by atoms with Crippen molar-refractivity contribution in [1.82, 2.24) is 0 Å². The van der Waals surface area contributed by atoms with Crippen molar-refractivity contribution >= 4 is 18.1 Å². The Hall–Kier alpha value is -2.65. The quantitative estimate of drug-likeness (QED) is 0.652.